The van der Waals surface area contributed by atoms with Crippen LogP contribution in [0.25, 0.3) is 0 Å². The summed E-state index contributed by atoms with van der Waals surface area (Å²) < 4.78 is 0. The second kappa shape index (κ2) is 7.54. The van der Waals surface area contributed by atoms with Gasteiger partial charge < -0.3 is 10.2 Å². The molecule has 1 aromatic heterocycles. The van der Waals surface area contributed by atoms with Crippen LogP contribution in [0, 0.1) is 17.0 Å². The molecule has 0 aliphatic heterocycles. The van der Waals surface area contributed by atoms with Gasteiger partial charge in [-0.15, -0.1) is 11.3 Å². The van der Waals surface area contributed by atoms with Crippen molar-refractivity contribution in [3.05, 3.63) is 55.2 Å². The molecular formula is C15H17ClN3O3S+. The van der Waals surface area contributed by atoms with E-state index in [0.29, 0.717) is 0 Å². The van der Waals surface area contributed by atoms with Crippen LogP contribution in [-0.4, -0.2) is 24.4 Å². The summed E-state index contributed by atoms with van der Waals surface area (Å²) >= 11 is 7.42. The smallest absolute Gasteiger partial charge is 0.294 e. The fraction of sp³-hybridized carbons (Fsp3) is 0.267. The highest BCUT2D eigenvalue weighted by Crippen LogP contribution is 2.27. The van der Waals surface area contributed by atoms with Gasteiger partial charge in [0.25, 0.3) is 11.6 Å². The summed E-state index contributed by atoms with van der Waals surface area (Å²) in [6.07, 6.45) is 0. The molecule has 1 heterocycles. The van der Waals surface area contributed by atoms with Gasteiger partial charge in [-0.2, -0.15) is 0 Å². The maximum Gasteiger partial charge on any atom is 0.294 e. The zero-order chi connectivity index (χ0) is 17.0. The zero-order valence-electron chi connectivity index (χ0n) is 12.8. The Balaban J connectivity index is 2.00. The molecule has 122 valence electrons. The third-order valence-electron chi connectivity index (χ3n) is 3.32. The summed E-state index contributed by atoms with van der Waals surface area (Å²) in [6, 6.07) is 6.22. The molecule has 1 unspecified atom stereocenters. The van der Waals surface area contributed by atoms with Crippen molar-refractivity contribution in [1.82, 2.24) is 0 Å². The van der Waals surface area contributed by atoms with Crippen molar-refractivity contribution in [1.29, 1.82) is 0 Å². The first-order chi connectivity index (χ1) is 10.9. The van der Waals surface area contributed by atoms with E-state index in [0.717, 1.165) is 11.4 Å². The van der Waals surface area contributed by atoms with E-state index in [1.807, 2.05) is 25.4 Å². The molecule has 2 aromatic rings. The summed E-state index contributed by atoms with van der Waals surface area (Å²) in [5, 5.41) is 15.9. The van der Waals surface area contributed by atoms with Crippen LogP contribution in [0.5, 0.6) is 0 Å². The lowest BCUT2D eigenvalue weighted by Gasteiger charge is -2.13. The number of nitro groups is 1. The number of likely N-dealkylation sites (N-methyl/N-ethyl adjacent to an activating group) is 1. The van der Waals surface area contributed by atoms with Crippen molar-refractivity contribution in [3.8, 4) is 0 Å². The SMILES string of the molecule is Cc1ccsc1C[NH+](C)CC(=O)Nc1ccc(Cl)cc1[N+](=O)[O-]. The Morgan fingerprint density at radius 2 is 2.17 bits per heavy atom. The molecule has 0 aliphatic carbocycles. The maximum atomic E-state index is 12.1. The van der Waals surface area contributed by atoms with E-state index < -0.39 is 4.92 Å². The fourth-order valence-corrected chi connectivity index (χ4v) is 3.34. The van der Waals surface area contributed by atoms with Gasteiger partial charge in [0.05, 0.1) is 16.8 Å². The van der Waals surface area contributed by atoms with Crippen molar-refractivity contribution < 1.29 is 14.6 Å². The fourth-order valence-electron chi connectivity index (χ4n) is 2.15. The molecule has 1 amide bonds. The van der Waals surface area contributed by atoms with E-state index >= 15 is 0 Å². The molecule has 2 N–H and O–H groups in total. The number of quaternary nitrogens is 1. The lowest BCUT2D eigenvalue weighted by atomic mass is 10.2. The molecule has 0 saturated heterocycles. The molecule has 8 heteroatoms. The minimum Gasteiger partial charge on any atom is -0.325 e. The van der Waals surface area contributed by atoms with Crippen molar-refractivity contribution in [2.45, 2.75) is 13.5 Å². The van der Waals surface area contributed by atoms with Crippen LogP contribution in [0.3, 0.4) is 0 Å². The van der Waals surface area contributed by atoms with Gasteiger partial charge in [0.1, 0.15) is 12.2 Å². The molecule has 0 aliphatic rings. The van der Waals surface area contributed by atoms with Crippen LogP contribution in [0.2, 0.25) is 5.02 Å². The lowest BCUT2D eigenvalue weighted by Crippen LogP contribution is -3.08. The number of thiophene rings is 1. The van der Waals surface area contributed by atoms with Crippen LogP contribution in [-0.2, 0) is 11.3 Å². The normalized spacial score (nSPS) is 12.0. The van der Waals surface area contributed by atoms with Gasteiger partial charge in [-0.05, 0) is 36.1 Å². The first-order valence-corrected chi connectivity index (χ1v) is 8.20. The van der Waals surface area contributed by atoms with Crippen LogP contribution >= 0.6 is 22.9 Å². The summed E-state index contributed by atoms with van der Waals surface area (Å²) in [4.78, 5) is 24.8. The Morgan fingerprint density at radius 3 is 2.78 bits per heavy atom. The monoisotopic (exact) mass is 354 g/mol. The predicted molar refractivity (Wildman–Crippen MR) is 91.2 cm³/mol. The third-order valence-corrected chi connectivity index (χ3v) is 4.58. The molecule has 0 saturated carbocycles. The highest BCUT2D eigenvalue weighted by atomic mass is 35.5. The maximum absolute atomic E-state index is 12.1. The number of aryl methyl sites for hydroxylation is 1. The zero-order valence-corrected chi connectivity index (χ0v) is 14.3. The molecule has 0 spiro atoms. The van der Waals surface area contributed by atoms with Gasteiger partial charge in [-0.25, -0.2) is 0 Å². The summed E-state index contributed by atoms with van der Waals surface area (Å²) in [6.45, 7) is 2.99. The van der Waals surface area contributed by atoms with E-state index in [1.54, 1.807) is 11.3 Å². The van der Waals surface area contributed by atoms with Crippen LogP contribution < -0.4 is 10.2 Å². The van der Waals surface area contributed by atoms with Crippen molar-refractivity contribution in [2.75, 3.05) is 18.9 Å². The summed E-state index contributed by atoms with van der Waals surface area (Å²) in [5.41, 5.74) is 1.16. The molecule has 0 fully saturated rings. The van der Waals surface area contributed by atoms with Gasteiger partial charge in [-0.1, -0.05) is 11.6 Å². The van der Waals surface area contributed by atoms with Gasteiger partial charge in [0.2, 0.25) is 0 Å². The first-order valence-electron chi connectivity index (χ1n) is 6.95. The van der Waals surface area contributed by atoms with E-state index in [1.165, 1.54) is 28.6 Å². The average Bonchev–Trinajstić information content (AvgIpc) is 2.85. The van der Waals surface area contributed by atoms with Crippen LogP contribution in [0.4, 0.5) is 11.4 Å². The molecule has 0 radical (unpaired) electrons. The van der Waals surface area contributed by atoms with E-state index in [-0.39, 0.29) is 28.8 Å². The highest BCUT2D eigenvalue weighted by molar-refractivity contribution is 7.10. The molecule has 2 rings (SSSR count). The topological polar surface area (TPSA) is 76.7 Å². The lowest BCUT2D eigenvalue weighted by molar-refractivity contribution is -0.884. The minimum absolute atomic E-state index is 0.157. The number of nitrogens with one attached hydrogen (secondary N) is 2. The Kier molecular flexibility index (Phi) is 5.70. The van der Waals surface area contributed by atoms with Gasteiger partial charge in [0, 0.05) is 11.1 Å². The Labute approximate surface area is 142 Å². The number of nitrogens with zero attached hydrogens (tertiary/aromatic N) is 1. The van der Waals surface area contributed by atoms with Crippen LogP contribution in [0.1, 0.15) is 10.4 Å². The number of hydrogen-bond acceptors (Lipinski definition) is 4. The number of hydrogen-bond donors (Lipinski definition) is 2. The number of nitro benzene ring substituents is 1. The van der Waals surface area contributed by atoms with E-state index in [9.17, 15) is 14.9 Å². The largest absolute Gasteiger partial charge is 0.325 e. The van der Waals surface area contributed by atoms with Gasteiger partial charge in [0.15, 0.2) is 6.54 Å². The second-order valence-corrected chi connectivity index (χ2v) is 6.74. The van der Waals surface area contributed by atoms with Crippen molar-refractivity contribution in [3.63, 3.8) is 0 Å². The number of anilines is 1. The summed E-state index contributed by atoms with van der Waals surface area (Å²) in [5.74, 6) is -0.276. The Bertz CT molecular complexity index is 733. The van der Waals surface area contributed by atoms with Crippen molar-refractivity contribution >= 4 is 40.2 Å². The number of amides is 1. The molecule has 1 atom stereocenters. The summed E-state index contributed by atoms with van der Waals surface area (Å²) in [7, 11) is 1.91. The number of carbonyl (C=O) groups excluding carboxylic acids is 1. The standard InChI is InChI=1S/C15H16ClN3O3S/c1-10-5-6-23-14(10)8-18(2)9-15(20)17-12-4-3-11(16)7-13(12)19(21)22/h3-7H,8-9H2,1-2H3,(H,17,20)/p+1. The Morgan fingerprint density at radius 1 is 1.43 bits per heavy atom. The molecular weight excluding hydrogens is 338 g/mol. The molecule has 6 nitrogen and oxygen atoms in total. The number of rotatable bonds is 6. The second-order valence-electron chi connectivity index (χ2n) is 5.30. The number of benzene rings is 1. The highest BCUT2D eigenvalue weighted by Gasteiger charge is 2.18. The number of carbonyl (C=O) groups is 1. The quantitative estimate of drug-likeness (QED) is 0.617. The Hall–Kier alpha value is -1.96. The van der Waals surface area contributed by atoms with E-state index in [2.05, 4.69) is 5.32 Å². The van der Waals surface area contributed by atoms with Crippen LogP contribution in [0.15, 0.2) is 29.6 Å². The van der Waals surface area contributed by atoms with Crippen molar-refractivity contribution in [2.24, 2.45) is 0 Å². The first kappa shape index (κ1) is 17.4. The van der Waals surface area contributed by atoms with E-state index in [4.69, 9.17) is 11.6 Å². The van der Waals surface area contributed by atoms with Gasteiger partial charge in [-0.3, -0.25) is 14.9 Å². The molecule has 1 aromatic carbocycles. The molecule has 23 heavy (non-hydrogen) atoms. The molecule has 0 bridgehead atoms. The minimum atomic E-state index is -0.562. The number of halogens is 1. The average molecular weight is 355 g/mol. The van der Waals surface area contributed by atoms with Gasteiger partial charge >= 0.3 is 0 Å². The third kappa shape index (κ3) is 4.75. The predicted octanol–water partition coefficient (Wildman–Crippen LogP) is 2.27.